The van der Waals surface area contributed by atoms with Gasteiger partial charge in [-0.2, -0.15) is 0 Å². The minimum atomic E-state index is -1.81. The van der Waals surface area contributed by atoms with Crippen molar-refractivity contribution >= 4 is 29.2 Å². The zero-order chi connectivity index (χ0) is 26.3. The predicted molar refractivity (Wildman–Crippen MR) is 133 cm³/mol. The minimum Gasteiger partial charge on any atom is -0.493 e. The lowest BCUT2D eigenvalue weighted by atomic mass is 9.63. The smallest absolute Gasteiger partial charge is 0.334 e. The first kappa shape index (κ1) is 27.7. The molecule has 0 unspecified atom stereocenters. The zero-order valence-electron chi connectivity index (χ0n) is 19.8. The quantitative estimate of drug-likeness (QED) is 0.126. The number of carboxylic acid groups (broad SMARTS) is 2. The number of nitro groups is 1. The summed E-state index contributed by atoms with van der Waals surface area (Å²) in [7, 11) is 0. The lowest BCUT2D eigenvalue weighted by Crippen LogP contribution is -2.46. The molecule has 0 amide bonds. The molecule has 1 aromatic rings. The summed E-state index contributed by atoms with van der Waals surface area (Å²) in [6, 6.07) is 3.80. The van der Waals surface area contributed by atoms with E-state index in [1.165, 1.54) is 30.4 Å². The molecule has 0 bridgehead atoms. The van der Waals surface area contributed by atoms with Crippen LogP contribution in [0.1, 0.15) is 38.7 Å². The number of rotatable bonds is 13. The number of hydrogen-bond donors (Lipinski definition) is 2. The van der Waals surface area contributed by atoms with E-state index in [1.807, 2.05) is 0 Å². The van der Waals surface area contributed by atoms with Gasteiger partial charge in [-0.1, -0.05) is 12.2 Å². The van der Waals surface area contributed by atoms with E-state index in [0.29, 0.717) is 30.1 Å². The Balaban J connectivity index is 3.03. The summed E-state index contributed by atoms with van der Waals surface area (Å²) >= 11 is 5.74. The van der Waals surface area contributed by atoms with Gasteiger partial charge in [0.05, 0.1) is 28.1 Å². The first-order chi connectivity index (χ1) is 16.6. The third-order valence-electron chi connectivity index (χ3n) is 6.00. The van der Waals surface area contributed by atoms with Gasteiger partial charge in [-0.3, -0.25) is 10.1 Å². The summed E-state index contributed by atoms with van der Waals surface area (Å²) in [5.74, 6) is -2.14. The molecule has 0 aromatic heterocycles. The second-order valence-corrected chi connectivity index (χ2v) is 8.39. The van der Waals surface area contributed by atoms with Crippen LogP contribution in [0.5, 0.6) is 5.75 Å². The number of carbonyl (C=O) groups is 2. The molecule has 1 aliphatic rings. The molecule has 0 saturated heterocycles. The maximum atomic E-state index is 12.7. The van der Waals surface area contributed by atoms with Gasteiger partial charge in [-0.25, -0.2) is 9.59 Å². The summed E-state index contributed by atoms with van der Waals surface area (Å²) in [6.45, 7) is 11.0. The number of benzene rings is 1. The van der Waals surface area contributed by atoms with Crippen LogP contribution in [0.25, 0.3) is 0 Å². The number of alkyl halides is 1. The molecule has 1 aromatic carbocycles. The molecule has 1 aliphatic heterocycles. The summed E-state index contributed by atoms with van der Waals surface area (Å²) in [6.07, 6.45) is 4.04. The fourth-order valence-corrected chi connectivity index (χ4v) is 4.80. The number of ether oxygens (including phenoxy) is 1. The standard InChI is InChI=1S/C25H29ClN2O7/c1-5-11-25(19-15-18(28(33)34)9-10-20(19)35-14-8-7-12-26)21(23(29)30)16(3)27(13-6-2)17(4)22(25)24(31)32/h5-6,9-10,15H,1-2,7-8,11-14H2,3-4H3,(H,29,30)(H,31,32). The molecule has 9 nitrogen and oxygen atoms in total. The first-order valence-electron chi connectivity index (χ1n) is 10.9. The molecule has 2 rings (SSSR count). The Morgan fingerprint density at radius 3 is 2.20 bits per heavy atom. The summed E-state index contributed by atoms with van der Waals surface area (Å²) in [4.78, 5) is 38.1. The van der Waals surface area contributed by atoms with Crippen LogP contribution in [-0.2, 0) is 15.0 Å². The van der Waals surface area contributed by atoms with Crippen molar-refractivity contribution in [1.29, 1.82) is 0 Å². The van der Waals surface area contributed by atoms with E-state index in [0.717, 1.165) is 0 Å². The zero-order valence-corrected chi connectivity index (χ0v) is 20.5. The van der Waals surface area contributed by atoms with E-state index in [9.17, 15) is 29.9 Å². The molecule has 0 atom stereocenters. The van der Waals surface area contributed by atoms with Gasteiger partial charge >= 0.3 is 11.9 Å². The highest BCUT2D eigenvalue weighted by Gasteiger charge is 2.52. The van der Waals surface area contributed by atoms with E-state index >= 15 is 0 Å². The fourth-order valence-electron chi connectivity index (χ4n) is 4.61. The third kappa shape index (κ3) is 5.24. The minimum absolute atomic E-state index is 0.0734. The van der Waals surface area contributed by atoms with E-state index in [-0.39, 0.29) is 47.7 Å². The summed E-state index contributed by atoms with van der Waals surface area (Å²) in [5, 5.41) is 32.4. The van der Waals surface area contributed by atoms with Gasteiger partial charge in [-0.05, 0) is 39.2 Å². The molecular formula is C25H29ClN2O7. The van der Waals surface area contributed by atoms with Crippen molar-refractivity contribution in [3.8, 4) is 5.75 Å². The maximum Gasteiger partial charge on any atom is 0.334 e. The van der Waals surface area contributed by atoms with Gasteiger partial charge in [0.15, 0.2) is 0 Å². The van der Waals surface area contributed by atoms with E-state index < -0.39 is 22.3 Å². The molecule has 188 valence electrons. The molecular weight excluding hydrogens is 476 g/mol. The Labute approximate surface area is 208 Å². The molecule has 0 saturated carbocycles. The van der Waals surface area contributed by atoms with Crippen LogP contribution in [0, 0.1) is 10.1 Å². The van der Waals surface area contributed by atoms with E-state index in [1.54, 1.807) is 18.7 Å². The van der Waals surface area contributed by atoms with Crippen LogP contribution in [-0.4, -0.2) is 51.0 Å². The highest BCUT2D eigenvalue weighted by Crippen LogP contribution is 2.53. The number of aliphatic carboxylic acids is 2. The predicted octanol–water partition coefficient (Wildman–Crippen LogP) is 5.03. The molecule has 35 heavy (non-hydrogen) atoms. The Morgan fingerprint density at radius 1 is 1.14 bits per heavy atom. The first-order valence-corrected chi connectivity index (χ1v) is 11.5. The molecule has 1 heterocycles. The van der Waals surface area contributed by atoms with Crippen LogP contribution in [0.15, 0.2) is 66.0 Å². The lowest BCUT2D eigenvalue weighted by molar-refractivity contribution is -0.385. The highest BCUT2D eigenvalue weighted by atomic mass is 35.5. The SMILES string of the molecule is C=CCN1C(C)=C(C(=O)O)C(CC=C)(c2cc([N+](=O)[O-])ccc2OCCCCCl)C(C(=O)O)=C1C. The number of allylic oxidation sites excluding steroid dienone is 3. The monoisotopic (exact) mass is 504 g/mol. The topological polar surface area (TPSA) is 130 Å². The van der Waals surface area contributed by atoms with E-state index in [4.69, 9.17) is 16.3 Å². The molecule has 0 aliphatic carbocycles. The Morgan fingerprint density at radius 2 is 1.74 bits per heavy atom. The number of nitrogens with zero attached hydrogens (tertiary/aromatic N) is 2. The van der Waals surface area contributed by atoms with Gasteiger partial charge in [-0.15, -0.1) is 24.8 Å². The summed E-state index contributed by atoms with van der Waals surface area (Å²) < 4.78 is 5.92. The van der Waals surface area contributed by atoms with Crippen molar-refractivity contribution in [3.63, 3.8) is 0 Å². The number of non-ortho nitro benzene ring substituents is 1. The third-order valence-corrected chi connectivity index (χ3v) is 6.26. The second kappa shape index (κ2) is 11.7. The van der Waals surface area contributed by atoms with E-state index in [2.05, 4.69) is 13.2 Å². The van der Waals surface area contributed by atoms with Gasteiger partial charge in [0.2, 0.25) is 0 Å². The maximum absolute atomic E-state index is 12.7. The van der Waals surface area contributed by atoms with Gasteiger partial charge in [0.1, 0.15) is 5.75 Å². The Kier molecular flexibility index (Phi) is 9.25. The Bertz CT molecular complexity index is 1070. The summed E-state index contributed by atoms with van der Waals surface area (Å²) in [5.41, 5.74) is -1.93. The van der Waals surface area contributed by atoms with Gasteiger partial charge in [0.25, 0.3) is 5.69 Å². The number of carboxylic acids is 2. The van der Waals surface area contributed by atoms with Gasteiger partial charge < -0.3 is 19.8 Å². The number of hydrogen-bond acceptors (Lipinski definition) is 6. The van der Waals surface area contributed by atoms with Crippen LogP contribution in [0.2, 0.25) is 0 Å². The molecule has 2 N–H and O–H groups in total. The lowest BCUT2D eigenvalue weighted by Gasteiger charge is -2.44. The molecule has 0 spiro atoms. The number of halogens is 1. The molecule has 10 heteroatoms. The van der Waals surface area contributed by atoms with Crippen LogP contribution >= 0.6 is 11.6 Å². The van der Waals surface area contributed by atoms with Crippen molar-refractivity contribution in [2.75, 3.05) is 19.0 Å². The van der Waals surface area contributed by atoms with Crippen LogP contribution in [0.4, 0.5) is 5.69 Å². The second-order valence-electron chi connectivity index (χ2n) is 8.01. The average Bonchev–Trinajstić information content (AvgIpc) is 2.79. The van der Waals surface area contributed by atoms with Crippen molar-refractivity contribution < 1.29 is 29.5 Å². The van der Waals surface area contributed by atoms with Crippen LogP contribution < -0.4 is 4.74 Å². The number of nitro benzene ring substituents is 1. The van der Waals surface area contributed by atoms with Crippen LogP contribution in [0.3, 0.4) is 0 Å². The average molecular weight is 505 g/mol. The fraction of sp³-hybridized carbons (Fsp3) is 0.360. The normalized spacial score (nSPS) is 15.1. The van der Waals surface area contributed by atoms with Gasteiger partial charge in [0, 0.05) is 41.5 Å². The highest BCUT2D eigenvalue weighted by molar-refractivity contribution is 6.17. The van der Waals surface area contributed by atoms with Crippen molar-refractivity contribution in [2.24, 2.45) is 0 Å². The van der Waals surface area contributed by atoms with Crippen molar-refractivity contribution in [3.05, 3.63) is 81.7 Å². The molecule has 0 fully saturated rings. The molecule has 0 radical (unpaired) electrons. The number of unbranched alkanes of at least 4 members (excludes halogenated alkanes) is 1. The largest absolute Gasteiger partial charge is 0.493 e. The van der Waals surface area contributed by atoms with Crippen molar-refractivity contribution in [2.45, 2.75) is 38.5 Å². The Hall–Kier alpha value is -3.59. The van der Waals surface area contributed by atoms with Crippen molar-refractivity contribution in [1.82, 2.24) is 4.90 Å².